The average Bonchev–Trinajstić information content (AvgIpc) is 2.80. The molecule has 3 rings (SSSR count). The van der Waals surface area contributed by atoms with Crippen LogP contribution in [-0.4, -0.2) is 34.9 Å². The van der Waals surface area contributed by atoms with E-state index in [0.29, 0.717) is 12.3 Å². The average molecular weight is 473 g/mol. The molecule has 0 saturated carbocycles. The van der Waals surface area contributed by atoms with Crippen LogP contribution >= 0.6 is 11.8 Å². The molecule has 33 heavy (non-hydrogen) atoms. The van der Waals surface area contributed by atoms with E-state index in [0.717, 1.165) is 10.5 Å². The highest BCUT2D eigenvalue weighted by Crippen LogP contribution is 2.20. The summed E-state index contributed by atoms with van der Waals surface area (Å²) >= 11 is 1.40. The van der Waals surface area contributed by atoms with E-state index in [9.17, 15) is 18.8 Å². The molecule has 174 valence electrons. The third kappa shape index (κ3) is 7.06. The molecular formula is C23H25FN4O4S. The summed E-state index contributed by atoms with van der Waals surface area (Å²) in [6.07, 6.45) is 0.130. The normalized spacial score (nSPS) is 10.7. The van der Waals surface area contributed by atoms with Crippen molar-refractivity contribution >= 4 is 29.2 Å². The van der Waals surface area contributed by atoms with Gasteiger partial charge in [0.25, 0.3) is 5.56 Å². The van der Waals surface area contributed by atoms with Crippen molar-refractivity contribution in [3.8, 4) is 0 Å². The molecule has 0 aliphatic rings. The molecule has 1 amide bonds. The number of nitrogens with one attached hydrogen (secondary N) is 3. The van der Waals surface area contributed by atoms with Gasteiger partial charge in [-0.15, -0.1) is 11.8 Å². The summed E-state index contributed by atoms with van der Waals surface area (Å²) in [7, 11) is 1.50. The van der Waals surface area contributed by atoms with Gasteiger partial charge in [0.05, 0.1) is 13.2 Å². The van der Waals surface area contributed by atoms with Crippen LogP contribution in [0, 0.1) is 5.82 Å². The lowest BCUT2D eigenvalue weighted by atomic mass is 10.2. The SMILES string of the molecule is COCCn1c(NC(=O)CCSc2ccc(F)cc2)c(NCc2ccccc2)c(=O)[nH]c1=O. The van der Waals surface area contributed by atoms with Gasteiger partial charge in [-0.1, -0.05) is 30.3 Å². The number of aromatic nitrogens is 2. The van der Waals surface area contributed by atoms with Crippen LogP contribution in [0.1, 0.15) is 12.0 Å². The van der Waals surface area contributed by atoms with Crippen molar-refractivity contribution in [2.45, 2.75) is 24.4 Å². The zero-order chi connectivity index (χ0) is 23.6. The summed E-state index contributed by atoms with van der Waals surface area (Å²) in [4.78, 5) is 40.8. The van der Waals surface area contributed by atoms with Gasteiger partial charge in [0.1, 0.15) is 17.3 Å². The van der Waals surface area contributed by atoms with Crippen LogP contribution in [0.2, 0.25) is 0 Å². The number of anilines is 2. The third-order valence-corrected chi connectivity index (χ3v) is 5.71. The summed E-state index contributed by atoms with van der Waals surface area (Å²) in [5.41, 5.74) is -0.243. The van der Waals surface area contributed by atoms with E-state index in [1.54, 1.807) is 12.1 Å². The fourth-order valence-electron chi connectivity index (χ4n) is 3.03. The zero-order valence-corrected chi connectivity index (χ0v) is 18.9. The van der Waals surface area contributed by atoms with Crippen molar-refractivity contribution in [3.05, 3.63) is 86.8 Å². The van der Waals surface area contributed by atoms with E-state index in [1.807, 2.05) is 30.3 Å². The molecule has 0 radical (unpaired) electrons. The lowest BCUT2D eigenvalue weighted by molar-refractivity contribution is -0.115. The van der Waals surface area contributed by atoms with Crippen LogP contribution < -0.4 is 21.9 Å². The van der Waals surface area contributed by atoms with Crippen molar-refractivity contribution in [1.82, 2.24) is 9.55 Å². The van der Waals surface area contributed by atoms with Gasteiger partial charge >= 0.3 is 5.69 Å². The summed E-state index contributed by atoms with van der Waals surface area (Å²) in [5, 5.41) is 5.75. The second-order valence-electron chi connectivity index (χ2n) is 7.07. The maximum Gasteiger partial charge on any atom is 0.330 e. The van der Waals surface area contributed by atoms with Crippen LogP contribution in [0.25, 0.3) is 0 Å². The van der Waals surface area contributed by atoms with Crippen LogP contribution in [0.5, 0.6) is 0 Å². The summed E-state index contributed by atoms with van der Waals surface area (Å²) in [6.45, 7) is 0.690. The number of H-pyrrole nitrogens is 1. The van der Waals surface area contributed by atoms with Gasteiger partial charge < -0.3 is 15.4 Å². The Labute approximate surface area is 194 Å². The van der Waals surface area contributed by atoms with E-state index in [1.165, 1.54) is 35.6 Å². The van der Waals surface area contributed by atoms with Crippen molar-refractivity contribution in [2.75, 3.05) is 30.1 Å². The largest absolute Gasteiger partial charge is 0.383 e. The van der Waals surface area contributed by atoms with E-state index < -0.39 is 11.2 Å². The lowest BCUT2D eigenvalue weighted by Gasteiger charge is -2.17. The van der Waals surface area contributed by atoms with Gasteiger partial charge in [-0.05, 0) is 29.8 Å². The Bertz CT molecular complexity index is 1180. The van der Waals surface area contributed by atoms with Gasteiger partial charge in [-0.2, -0.15) is 0 Å². The van der Waals surface area contributed by atoms with E-state index in [4.69, 9.17) is 4.74 Å². The highest BCUT2D eigenvalue weighted by atomic mass is 32.2. The van der Waals surface area contributed by atoms with Gasteiger partial charge in [-0.25, -0.2) is 9.18 Å². The quantitative estimate of drug-likeness (QED) is 0.371. The van der Waals surface area contributed by atoms with Crippen LogP contribution in [0.15, 0.2) is 69.1 Å². The fourth-order valence-corrected chi connectivity index (χ4v) is 3.89. The first-order chi connectivity index (χ1) is 16.0. The molecule has 3 N–H and O–H groups in total. The predicted molar refractivity (Wildman–Crippen MR) is 127 cm³/mol. The number of thioether (sulfide) groups is 1. The van der Waals surface area contributed by atoms with E-state index >= 15 is 0 Å². The number of aromatic amines is 1. The maximum absolute atomic E-state index is 13.0. The number of rotatable bonds is 11. The minimum absolute atomic E-state index is 0.0912. The number of hydrogen-bond acceptors (Lipinski definition) is 6. The van der Waals surface area contributed by atoms with Crippen LogP contribution in [0.3, 0.4) is 0 Å². The number of halogens is 1. The molecule has 0 fully saturated rings. The molecule has 0 aliphatic carbocycles. The molecule has 0 atom stereocenters. The molecule has 2 aromatic carbocycles. The molecule has 0 bridgehead atoms. The number of carbonyl (C=O) groups is 1. The van der Waals surface area contributed by atoms with Gasteiger partial charge in [-0.3, -0.25) is 19.1 Å². The van der Waals surface area contributed by atoms with Crippen molar-refractivity contribution in [3.63, 3.8) is 0 Å². The second-order valence-corrected chi connectivity index (χ2v) is 8.24. The predicted octanol–water partition coefficient (Wildman–Crippen LogP) is 3.06. The Morgan fingerprint density at radius 3 is 2.55 bits per heavy atom. The Morgan fingerprint density at radius 2 is 1.85 bits per heavy atom. The summed E-state index contributed by atoms with van der Waals surface area (Å²) in [5.74, 6) is -0.150. The highest BCUT2D eigenvalue weighted by molar-refractivity contribution is 7.99. The smallest absolute Gasteiger partial charge is 0.330 e. The summed E-state index contributed by atoms with van der Waals surface area (Å²) < 4.78 is 19.4. The van der Waals surface area contributed by atoms with E-state index in [-0.39, 0.29) is 42.8 Å². The topological polar surface area (TPSA) is 105 Å². The fraction of sp³-hybridized carbons (Fsp3) is 0.261. The molecule has 8 nitrogen and oxygen atoms in total. The maximum atomic E-state index is 13.0. The molecule has 1 heterocycles. The number of carbonyl (C=O) groups excluding carboxylic acids is 1. The molecule has 3 aromatic rings. The lowest BCUT2D eigenvalue weighted by Crippen LogP contribution is -2.36. The van der Waals surface area contributed by atoms with Crippen LogP contribution in [0.4, 0.5) is 15.9 Å². The molecule has 0 saturated heterocycles. The number of hydrogen-bond donors (Lipinski definition) is 3. The first-order valence-corrected chi connectivity index (χ1v) is 11.3. The Morgan fingerprint density at radius 1 is 1.12 bits per heavy atom. The Kier molecular flexibility index (Phi) is 8.85. The number of nitrogens with zero attached hydrogens (tertiary/aromatic N) is 1. The Balaban J connectivity index is 1.77. The molecule has 0 unspecified atom stereocenters. The third-order valence-electron chi connectivity index (χ3n) is 4.70. The van der Waals surface area contributed by atoms with Crippen molar-refractivity contribution in [1.29, 1.82) is 0 Å². The number of methoxy groups -OCH3 is 1. The molecule has 0 spiro atoms. The minimum atomic E-state index is -0.640. The summed E-state index contributed by atoms with van der Waals surface area (Å²) in [6, 6.07) is 15.4. The standard InChI is InChI=1S/C23H25FN4O4S/c1-32-13-12-28-21(26-19(29)11-14-33-18-9-7-17(24)8-10-18)20(22(30)27-23(28)31)25-15-16-5-3-2-4-6-16/h2-10,25H,11-15H2,1H3,(H,26,29)(H,27,30,31). The van der Waals surface area contributed by atoms with Crippen LogP contribution in [-0.2, 0) is 22.6 Å². The highest BCUT2D eigenvalue weighted by Gasteiger charge is 2.17. The molecule has 0 aliphatic heterocycles. The molecule has 1 aromatic heterocycles. The van der Waals surface area contributed by atoms with E-state index in [2.05, 4.69) is 15.6 Å². The van der Waals surface area contributed by atoms with Gasteiger partial charge in [0.2, 0.25) is 5.91 Å². The minimum Gasteiger partial charge on any atom is -0.383 e. The number of benzene rings is 2. The number of amides is 1. The molecule has 10 heteroatoms. The number of ether oxygens (including phenoxy) is 1. The van der Waals surface area contributed by atoms with Crippen molar-refractivity contribution in [2.24, 2.45) is 0 Å². The first kappa shape index (κ1) is 24.3. The Hall–Kier alpha value is -3.37. The second kappa shape index (κ2) is 12.0. The molecular weight excluding hydrogens is 447 g/mol. The first-order valence-electron chi connectivity index (χ1n) is 10.3. The van der Waals surface area contributed by atoms with Gasteiger partial charge in [0, 0.05) is 30.7 Å². The zero-order valence-electron chi connectivity index (χ0n) is 18.1. The van der Waals surface area contributed by atoms with Gasteiger partial charge in [0.15, 0.2) is 0 Å². The monoisotopic (exact) mass is 472 g/mol. The van der Waals surface area contributed by atoms with Crippen molar-refractivity contribution < 1.29 is 13.9 Å².